The summed E-state index contributed by atoms with van der Waals surface area (Å²) >= 11 is 0. The zero-order valence-corrected chi connectivity index (χ0v) is 29.2. The molecule has 263 valence electrons. The van der Waals surface area contributed by atoms with Crippen molar-refractivity contribution in [1.29, 1.82) is 0 Å². The van der Waals surface area contributed by atoms with Gasteiger partial charge in [0.05, 0.1) is 35.1 Å². The Morgan fingerprint density at radius 1 is 0.577 bits per heavy atom. The number of hydrogen-bond donors (Lipinski definition) is 4. The molecule has 52 heavy (non-hydrogen) atoms. The quantitative estimate of drug-likeness (QED) is 0.0612. The van der Waals surface area contributed by atoms with E-state index in [1.807, 2.05) is 128 Å². The topological polar surface area (TPSA) is 136 Å². The molecule has 0 spiro atoms. The second kappa shape index (κ2) is 17.4. The fourth-order valence-electron chi connectivity index (χ4n) is 7.51. The number of nitrogens with one attached hydrogen (secondary N) is 2. The van der Waals surface area contributed by atoms with Crippen LogP contribution in [0.1, 0.15) is 75.1 Å². The van der Waals surface area contributed by atoms with Crippen molar-refractivity contribution < 1.29 is 27.2 Å². The minimum absolute atomic E-state index is 0. The maximum absolute atomic E-state index is 11.3. The molecule has 1 aromatic heterocycles. The Bertz CT molecular complexity index is 1900. The van der Waals surface area contributed by atoms with Crippen LogP contribution in [0.15, 0.2) is 180 Å². The third-order valence-corrected chi connectivity index (χ3v) is 9.44. The first-order valence-electron chi connectivity index (χ1n) is 16.4. The van der Waals surface area contributed by atoms with E-state index in [0.29, 0.717) is 22.8 Å². The van der Waals surface area contributed by atoms with E-state index in [9.17, 15) is 20.2 Å². The molecule has 11 rings (SSSR count). The first-order chi connectivity index (χ1) is 25.1. The van der Waals surface area contributed by atoms with Gasteiger partial charge in [0, 0.05) is 29.2 Å². The van der Waals surface area contributed by atoms with Gasteiger partial charge in [-0.3, -0.25) is 32.4 Å². The van der Waals surface area contributed by atoms with Crippen LogP contribution in [0.25, 0.3) is 0 Å². The first kappa shape index (κ1) is 37.5. The van der Waals surface area contributed by atoms with Gasteiger partial charge >= 0.3 is 0 Å². The molecule has 0 saturated heterocycles. The molecule has 4 aromatic carbocycles. The van der Waals surface area contributed by atoms with Crippen LogP contribution in [0, 0.1) is 15.9 Å². The maximum atomic E-state index is 11.3. The van der Waals surface area contributed by atoms with Gasteiger partial charge < -0.3 is 0 Å². The van der Waals surface area contributed by atoms with Gasteiger partial charge in [-0.15, -0.1) is 16.7 Å². The summed E-state index contributed by atoms with van der Waals surface area (Å²) in [7, 11) is 0. The Morgan fingerprint density at radius 2 is 0.885 bits per heavy atom. The number of hydroxylamine groups is 2. The second-order valence-corrected chi connectivity index (χ2v) is 12.0. The summed E-state index contributed by atoms with van der Waals surface area (Å²) in [6.45, 7) is 5.27. The second-order valence-electron chi connectivity index (χ2n) is 12.0. The molecular weight excluding hydrogens is 697 g/mol. The molecular formula is C42H36CoN5O4-. The molecule has 0 atom stereocenters. The molecule has 1 heterocycles. The van der Waals surface area contributed by atoms with Crippen molar-refractivity contribution in [1.82, 2.24) is 15.9 Å². The van der Waals surface area contributed by atoms with Crippen LogP contribution in [0.4, 0.5) is 0 Å². The zero-order valence-electron chi connectivity index (χ0n) is 28.2. The molecule has 0 unspecified atom stereocenters. The van der Waals surface area contributed by atoms with Crippen molar-refractivity contribution >= 4 is 0 Å². The van der Waals surface area contributed by atoms with E-state index in [4.69, 9.17) is 0 Å². The van der Waals surface area contributed by atoms with Crippen LogP contribution < -0.4 is 11.0 Å². The van der Waals surface area contributed by atoms with Crippen molar-refractivity contribution in [2.45, 2.75) is 30.6 Å². The Balaban J connectivity index is 0.000000154. The van der Waals surface area contributed by atoms with Gasteiger partial charge in [-0.2, -0.15) is 6.58 Å². The normalized spacial score (nSPS) is 18.9. The molecule has 6 aliphatic rings. The summed E-state index contributed by atoms with van der Waals surface area (Å²) in [6.07, 6.45) is 9.73. The Labute approximate surface area is 312 Å². The molecule has 4 bridgehead atoms. The van der Waals surface area contributed by atoms with Gasteiger partial charge in [0.2, 0.25) is 0 Å². The molecule has 4 N–H and O–H groups in total. The van der Waals surface area contributed by atoms with Crippen LogP contribution in [-0.2, 0) is 16.8 Å². The van der Waals surface area contributed by atoms with Crippen molar-refractivity contribution in [3.05, 3.63) is 230 Å². The molecule has 6 aliphatic carbocycles. The van der Waals surface area contributed by atoms with Gasteiger partial charge in [-0.05, 0) is 67.0 Å². The number of nitrogens with zero attached hydrogens (tertiary/aromatic N) is 3. The Hall–Kier alpha value is -5.78. The number of benzene rings is 4. The standard InChI is InChI=1S/2C16H12N2O2.C5H5N.C5H7.Co/c2*19-17-15-13-9-5-1-2-6-10(9)14(16(15)18-20)12-8-4-3-7-11(12)13;1-2-4-6-5-3-1;1-3-5-4-2;/h2*1-8,13-14,17,19H;1-5H;4-5H,1H2,2H3;/q;;;-1;/b;;;5-4+;. The largest absolute Gasteiger partial charge is 0.291 e. The minimum atomic E-state index is -0.195. The summed E-state index contributed by atoms with van der Waals surface area (Å²) in [5.74, 6) is -0.686. The predicted octanol–water partition coefficient (Wildman–Crippen LogP) is 9.10. The molecule has 9 nitrogen and oxygen atoms in total. The van der Waals surface area contributed by atoms with Crippen LogP contribution >= 0.6 is 0 Å². The molecule has 10 heteroatoms. The van der Waals surface area contributed by atoms with E-state index in [1.54, 1.807) is 18.5 Å². The number of nitroso groups, excluding NO2 is 2. The predicted molar refractivity (Wildman–Crippen MR) is 197 cm³/mol. The summed E-state index contributed by atoms with van der Waals surface area (Å²) in [5, 5.41) is 25.3. The SMILES string of the molecule is C=[C-]/C=C/C.O=NC1=C(NO)C2c3ccccc3C1c1ccccc12.O=NC1=C(NO)C2c3ccccc3C1c1ccccc12.[Co].c1ccncc1. The van der Waals surface area contributed by atoms with Crippen LogP contribution in [-0.4, -0.2) is 15.4 Å². The summed E-state index contributed by atoms with van der Waals surface area (Å²) < 4.78 is 0. The van der Waals surface area contributed by atoms with Gasteiger partial charge in [0.25, 0.3) is 0 Å². The van der Waals surface area contributed by atoms with Crippen LogP contribution in [0.2, 0.25) is 0 Å². The van der Waals surface area contributed by atoms with E-state index >= 15 is 0 Å². The molecule has 5 aromatic rings. The van der Waals surface area contributed by atoms with E-state index in [2.05, 4.69) is 39.0 Å². The number of hydrogen-bond acceptors (Lipinski definition) is 9. The molecule has 0 amide bonds. The van der Waals surface area contributed by atoms with E-state index in [0.717, 1.165) is 44.5 Å². The number of allylic oxidation sites excluding steroid dienone is 7. The van der Waals surface area contributed by atoms with Gasteiger partial charge in [0.1, 0.15) is 11.4 Å². The number of pyridine rings is 1. The fraction of sp³-hybridized carbons (Fsp3) is 0.119. The average Bonchev–Trinajstić information content (AvgIpc) is 3.21. The van der Waals surface area contributed by atoms with Crippen molar-refractivity contribution in [2.24, 2.45) is 10.4 Å². The molecule has 0 fully saturated rings. The van der Waals surface area contributed by atoms with E-state index in [1.165, 1.54) is 0 Å². The van der Waals surface area contributed by atoms with Crippen LogP contribution in [0.3, 0.4) is 0 Å². The van der Waals surface area contributed by atoms with Crippen molar-refractivity contribution in [3.8, 4) is 0 Å². The van der Waals surface area contributed by atoms with Crippen molar-refractivity contribution in [2.75, 3.05) is 0 Å². The smallest absolute Gasteiger partial charge is 0.119 e. The van der Waals surface area contributed by atoms with E-state index < -0.39 is 0 Å². The first-order valence-corrected chi connectivity index (χ1v) is 16.4. The monoisotopic (exact) mass is 733 g/mol. The Kier molecular flexibility index (Phi) is 12.6. The van der Waals surface area contributed by atoms with Crippen molar-refractivity contribution in [3.63, 3.8) is 0 Å². The van der Waals surface area contributed by atoms with E-state index in [-0.39, 0.29) is 40.5 Å². The summed E-state index contributed by atoms with van der Waals surface area (Å²) in [6, 6.07) is 37.8. The molecule has 0 saturated carbocycles. The Morgan fingerprint density at radius 3 is 1.06 bits per heavy atom. The third kappa shape index (κ3) is 6.80. The fourth-order valence-corrected chi connectivity index (χ4v) is 7.51. The van der Waals surface area contributed by atoms with Crippen LogP contribution in [0.5, 0.6) is 0 Å². The number of rotatable bonds is 5. The molecule has 1 radical (unpaired) electrons. The average molecular weight is 734 g/mol. The summed E-state index contributed by atoms with van der Waals surface area (Å²) in [4.78, 5) is 26.3. The minimum Gasteiger partial charge on any atom is -0.291 e. The zero-order chi connectivity index (χ0) is 35.7. The molecule has 0 aliphatic heterocycles. The van der Waals surface area contributed by atoms with Gasteiger partial charge in [-0.25, -0.2) is 12.2 Å². The van der Waals surface area contributed by atoms with Gasteiger partial charge in [-0.1, -0.05) is 103 Å². The van der Waals surface area contributed by atoms with Gasteiger partial charge in [0.15, 0.2) is 0 Å². The maximum Gasteiger partial charge on any atom is 0.119 e. The third-order valence-electron chi connectivity index (χ3n) is 9.44. The summed E-state index contributed by atoms with van der Waals surface area (Å²) in [5.41, 5.74) is 15.1. The number of aromatic nitrogens is 1.